The van der Waals surface area contributed by atoms with E-state index in [-0.39, 0.29) is 5.91 Å². The molecule has 0 aliphatic carbocycles. The molecular weight excluding hydrogens is 250 g/mol. The highest BCUT2D eigenvalue weighted by atomic mass is 16.2. The molecule has 0 unspecified atom stereocenters. The SMILES string of the molecule is Nc1ccc2c(c1)CCC(=O)N2CCN1CCCCC1. The quantitative estimate of drug-likeness (QED) is 0.857. The van der Waals surface area contributed by atoms with Gasteiger partial charge in [0.25, 0.3) is 0 Å². The van der Waals surface area contributed by atoms with Crippen LogP contribution < -0.4 is 10.6 Å². The number of likely N-dealkylation sites (tertiary alicyclic amines) is 1. The fraction of sp³-hybridized carbons (Fsp3) is 0.562. The number of hydrogen-bond acceptors (Lipinski definition) is 3. The molecule has 1 aromatic carbocycles. The zero-order chi connectivity index (χ0) is 13.9. The molecule has 1 amide bonds. The molecule has 1 saturated heterocycles. The minimum absolute atomic E-state index is 0.249. The van der Waals surface area contributed by atoms with Crippen LogP contribution in [0.5, 0.6) is 0 Å². The van der Waals surface area contributed by atoms with Crippen molar-refractivity contribution < 1.29 is 4.79 Å². The van der Waals surface area contributed by atoms with Crippen LogP contribution in [0.15, 0.2) is 18.2 Å². The van der Waals surface area contributed by atoms with Crippen LogP contribution in [-0.2, 0) is 11.2 Å². The molecule has 1 fully saturated rings. The van der Waals surface area contributed by atoms with Gasteiger partial charge in [-0.25, -0.2) is 0 Å². The molecule has 3 rings (SSSR count). The summed E-state index contributed by atoms with van der Waals surface area (Å²) in [4.78, 5) is 16.6. The highest BCUT2D eigenvalue weighted by Gasteiger charge is 2.24. The van der Waals surface area contributed by atoms with Crippen LogP contribution >= 0.6 is 0 Å². The second-order valence-corrected chi connectivity index (χ2v) is 5.84. The molecule has 0 spiro atoms. The smallest absolute Gasteiger partial charge is 0.227 e. The van der Waals surface area contributed by atoms with E-state index >= 15 is 0 Å². The zero-order valence-corrected chi connectivity index (χ0v) is 12.0. The van der Waals surface area contributed by atoms with E-state index in [9.17, 15) is 4.79 Å². The number of fused-ring (bicyclic) bond motifs is 1. The Morgan fingerprint density at radius 3 is 2.65 bits per heavy atom. The summed E-state index contributed by atoms with van der Waals surface area (Å²) in [6.07, 6.45) is 5.36. The number of nitrogens with two attached hydrogens (primary N) is 1. The van der Waals surface area contributed by atoms with Gasteiger partial charge in [0.2, 0.25) is 5.91 Å². The fourth-order valence-corrected chi connectivity index (χ4v) is 3.25. The second-order valence-electron chi connectivity index (χ2n) is 5.84. The predicted molar refractivity (Wildman–Crippen MR) is 81.8 cm³/mol. The molecule has 20 heavy (non-hydrogen) atoms. The summed E-state index contributed by atoms with van der Waals surface area (Å²) in [5.74, 6) is 0.249. The molecule has 108 valence electrons. The number of carbonyl (C=O) groups is 1. The van der Waals surface area contributed by atoms with E-state index in [0.29, 0.717) is 6.42 Å². The molecule has 4 heteroatoms. The van der Waals surface area contributed by atoms with Gasteiger partial charge in [0, 0.05) is 30.9 Å². The monoisotopic (exact) mass is 273 g/mol. The summed E-state index contributed by atoms with van der Waals surface area (Å²) in [5.41, 5.74) is 8.90. The summed E-state index contributed by atoms with van der Waals surface area (Å²) in [7, 11) is 0. The highest BCUT2D eigenvalue weighted by Crippen LogP contribution is 2.29. The van der Waals surface area contributed by atoms with Gasteiger partial charge in [0.05, 0.1) is 0 Å². The number of hydrogen-bond donors (Lipinski definition) is 1. The van der Waals surface area contributed by atoms with E-state index in [0.717, 1.165) is 30.9 Å². The van der Waals surface area contributed by atoms with E-state index in [1.807, 2.05) is 23.1 Å². The van der Waals surface area contributed by atoms with E-state index in [1.54, 1.807) is 0 Å². The second kappa shape index (κ2) is 5.83. The van der Waals surface area contributed by atoms with Gasteiger partial charge in [0.15, 0.2) is 0 Å². The van der Waals surface area contributed by atoms with Gasteiger partial charge in [-0.1, -0.05) is 6.42 Å². The first kappa shape index (κ1) is 13.4. The summed E-state index contributed by atoms with van der Waals surface area (Å²) in [6.45, 7) is 4.14. The van der Waals surface area contributed by atoms with Crippen molar-refractivity contribution in [2.24, 2.45) is 0 Å². The summed E-state index contributed by atoms with van der Waals surface area (Å²) in [6, 6.07) is 5.90. The third-order valence-electron chi connectivity index (χ3n) is 4.39. The number of nitrogen functional groups attached to an aromatic ring is 1. The topological polar surface area (TPSA) is 49.6 Å². The largest absolute Gasteiger partial charge is 0.399 e. The highest BCUT2D eigenvalue weighted by molar-refractivity contribution is 5.96. The van der Waals surface area contributed by atoms with E-state index in [1.165, 1.54) is 37.9 Å². The Kier molecular flexibility index (Phi) is 3.92. The average Bonchev–Trinajstić information content (AvgIpc) is 2.47. The third kappa shape index (κ3) is 2.80. The summed E-state index contributed by atoms with van der Waals surface area (Å²) in [5, 5.41) is 0. The number of amides is 1. The van der Waals surface area contributed by atoms with E-state index in [4.69, 9.17) is 5.73 Å². The molecule has 0 saturated carbocycles. The lowest BCUT2D eigenvalue weighted by Crippen LogP contribution is -2.42. The van der Waals surface area contributed by atoms with Crippen LogP contribution in [0.1, 0.15) is 31.2 Å². The Bertz CT molecular complexity index is 494. The van der Waals surface area contributed by atoms with Crippen molar-refractivity contribution in [3.05, 3.63) is 23.8 Å². The predicted octanol–water partition coefficient (Wildman–Crippen LogP) is 2.03. The van der Waals surface area contributed by atoms with Crippen LogP contribution in [0, 0.1) is 0 Å². The molecular formula is C16H23N3O. The van der Waals surface area contributed by atoms with Crippen molar-refractivity contribution in [3.63, 3.8) is 0 Å². The zero-order valence-electron chi connectivity index (χ0n) is 12.0. The molecule has 2 heterocycles. The number of rotatable bonds is 3. The first-order valence-electron chi connectivity index (χ1n) is 7.65. The number of benzene rings is 1. The molecule has 4 nitrogen and oxygen atoms in total. The summed E-state index contributed by atoms with van der Waals surface area (Å²) < 4.78 is 0. The lowest BCUT2D eigenvalue weighted by atomic mass is 10.0. The molecule has 0 bridgehead atoms. The van der Waals surface area contributed by atoms with Crippen molar-refractivity contribution in [3.8, 4) is 0 Å². The Balaban J connectivity index is 1.70. The summed E-state index contributed by atoms with van der Waals surface area (Å²) >= 11 is 0. The van der Waals surface area contributed by atoms with Crippen LogP contribution in [0.3, 0.4) is 0 Å². The van der Waals surface area contributed by atoms with Gasteiger partial charge in [-0.3, -0.25) is 4.79 Å². The van der Waals surface area contributed by atoms with Gasteiger partial charge in [0.1, 0.15) is 0 Å². The van der Waals surface area contributed by atoms with Crippen LogP contribution in [0.25, 0.3) is 0 Å². The molecule has 0 aromatic heterocycles. The lowest BCUT2D eigenvalue weighted by Gasteiger charge is -2.33. The molecule has 2 N–H and O–H groups in total. The normalized spacial score (nSPS) is 20.0. The Labute approximate surface area is 120 Å². The van der Waals surface area contributed by atoms with Gasteiger partial charge < -0.3 is 15.5 Å². The maximum absolute atomic E-state index is 12.2. The van der Waals surface area contributed by atoms with Crippen molar-refractivity contribution in [1.29, 1.82) is 0 Å². The van der Waals surface area contributed by atoms with E-state index in [2.05, 4.69) is 4.90 Å². The first-order valence-corrected chi connectivity index (χ1v) is 7.65. The van der Waals surface area contributed by atoms with Crippen molar-refractivity contribution in [2.75, 3.05) is 36.8 Å². The van der Waals surface area contributed by atoms with Crippen LogP contribution in [0.4, 0.5) is 11.4 Å². The Morgan fingerprint density at radius 1 is 1.05 bits per heavy atom. The fourth-order valence-electron chi connectivity index (χ4n) is 3.25. The molecule has 1 aromatic rings. The number of anilines is 2. The van der Waals surface area contributed by atoms with E-state index < -0.39 is 0 Å². The van der Waals surface area contributed by atoms with Gasteiger partial charge in [-0.05, 0) is 56.1 Å². The van der Waals surface area contributed by atoms with Crippen molar-refractivity contribution in [2.45, 2.75) is 32.1 Å². The maximum Gasteiger partial charge on any atom is 0.227 e. The van der Waals surface area contributed by atoms with Gasteiger partial charge >= 0.3 is 0 Å². The number of carbonyl (C=O) groups excluding carboxylic acids is 1. The third-order valence-corrected chi connectivity index (χ3v) is 4.39. The van der Waals surface area contributed by atoms with Crippen molar-refractivity contribution in [1.82, 2.24) is 4.90 Å². The molecule has 2 aliphatic rings. The lowest BCUT2D eigenvalue weighted by molar-refractivity contribution is -0.118. The number of piperidine rings is 1. The van der Waals surface area contributed by atoms with Crippen LogP contribution in [0.2, 0.25) is 0 Å². The molecule has 2 aliphatic heterocycles. The minimum atomic E-state index is 0.249. The van der Waals surface area contributed by atoms with Crippen LogP contribution in [-0.4, -0.2) is 37.0 Å². The molecule has 0 atom stereocenters. The minimum Gasteiger partial charge on any atom is -0.399 e. The van der Waals surface area contributed by atoms with Crippen molar-refractivity contribution >= 4 is 17.3 Å². The molecule has 0 radical (unpaired) electrons. The average molecular weight is 273 g/mol. The van der Waals surface area contributed by atoms with Gasteiger partial charge in [-0.15, -0.1) is 0 Å². The Hall–Kier alpha value is -1.55. The standard InChI is InChI=1S/C16H23N3O/c17-14-5-6-15-13(12-14)4-7-16(20)19(15)11-10-18-8-2-1-3-9-18/h5-6,12H,1-4,7-11,17H2. The Morgan fingerprint density at radius 2 is 1.85 bits per heavy atom. The van der Waals surface area contributed by atoms with Gasteiger partial charge in [-0.2, -0.15) is 0 Å². The first-order chi connectivity index (χ1) is 9.74. The number of nitrogens with zero attached hydrogens (tertiary/aromatic N) is 2. The maximum atomic E-state index is 12.2. The number of aryl methyl sites for hydroxylation is 1.